The standard InChI is InChI=1S/C17H20N4O3/c1-17(2,16(22)23-3)10-24-14-7-5-11(8-21-14)13-6-4-12(9-20-13)15(18)19/h4-9H,10H2,1-3H3,(H3,18,19). The first-order valence-electron chi connectivity index (χ1n) is 7.31. The van der Waals surface area contributed by atoms with E-state index in [9.17, 15) is 4.79 Å². The summed E-state index contributed by atoms with van der Waals surface area (Å²) in [6, 6.07) is 7.04. The van der Waals surface area contributed by atoms with Gasteiger partial charge in [0.25, 0.3) is 0 Å². The highest BCUT2D eigenvalue weighted by molar-refractivity contribution is 5.94. The number of hydrogen-bond donors (Lipinski definition) is 2. The largest absolute Gasteiger partial charge is 0.476 e. The van der Waals surface area contributed by atoms with Crippen molar-refractivity contribution >= 4 is 11.8 Å². The number of amidine groups is 1. The summed E-state index contributed by atoms with van der Waals surface area (Å²) in [6.07, 6.45) is 3.18. The SMILES string of the molecule is COC(=O)C(C)(C)COc1ccc(-c2ccc(C(=N)N)cn2)cn1. The van der Waals surface area contributed by atoms with E-state index in [2.05, 4.69) is 9.97 Å². The topological polar surface area (TPSA) is 111 Å². The van der Waals surface area contributed by atoms with Crippen molar-refractivity contribution in [2.75, 3.05) is 13.7 Å². The van der Waals surface area contributed by atoms with Crippen molar-refractivity contribution in [2.24, 2.45) is 11.1 Å². The van der Waals surface area contributed by atoms with Crippen LogP contribution in [0.5, 0.6) is 5.88 Å². The lowest BCUT2D eigenvalue weighted by Gasteiger charge is -2.21. The summed E-state index contributed by atoms with van der Waals surface area (Å²) in [6.45, 7) is 3.65. The molecule has 0 amide bonds. The van der Waals surface area contributed by atoms with Gasteiger partial charge in [-0.3, -0.25) is 15.2 Å². The van der Waals surface area contributed by atoms with Gasteiger partial charge in [-0.2, -0.15) is 0 Å². The summed E-state index contributed by atoms with van der Waals surface area (Å²) in [4.78, 5) is 20.1. The van der Waals surface area contributed by atoms with Crippen molar-refractivity contribution in [1.29, 1.82) is 5.41 Å². The molecule has 126 valence electrons. The lowest BCUT2D eigenvalue weighted by Crippen LogP contribution is -2.32. The summed E-state index contributed by atoms with van der Waals surface area (Å²) >= 11 is 0. The van der Waals surface area contributed by atoms with Crippen LogP contribution in [0, 0.1) is 10.8 Å². The molecule has 0 spiro atoms. The third-order valence-corrected chi connectivity index (χ3v) is 3.43. The quantitative estimate of drug-likeness (QED) is 0.476. The van der Waals surface area contributed by atoms with Gasteiger partial charge in [-0.15, -0.1) is 0 Å². The molecular weight excluding hydrogens is 308 g/mol. The zero-order valence-electron chi connectivity index (χ0n) is 13.9. The van der Waals surface area contributed by atoms with Crippen LogP contribution in [0.2, 0.25) is 0 Å². The van der Waals surface area contributed by atoms with E-state index < -0.39 is 5.41 Å². The molecule has 0 aliphatic heterocycles. The number of ether oxygens (including phenoxy) is 2. The molecule has 3 N–H and O–H groups in total. The van der Waals surface area contributed by atoms with Gasteiger partial charge in [0, 0.05) is 29.6 Å². The van der Waals surface area contributed by atoms with E-state index in [1.165, 1.54) is 7.11 Å². The number of rotatable bonds is 6. The van der Waals surface area contributed by atoms with Crippen LogP contribution in [0.25, 0.3) is 11.3 Å². The van der Waals surface area contributed by atoms with Gasteiger partial charge in [0.15, 0.2) is 0 Å². The molecule has 0 aliphatic carbocycles. The third-order valence-electron chi connectivity index (χ3n) is 3.43. The Hall–Kier alpha value is -2.96. The minimum absolute atomic E-state index is 0.0239. The third kappa shape index (κ3) is 4.07. The fourth-order valence-electron chi connectivity index (χ4n) is 1.93. The molecule has 0 atom stereocenters. The predicted octanol–water partition coefficient (Wildman–Crippen LogP) is 2.01. The molecule has 0 fully saturated rings. The van der Waals surface area contributed by atoms with Gasteiger partial charge in [0.05, 0.1) is 18.2 Å². The van der Waals surface area contributed by atoms with E-state index in [1.807, 2.05) is 6.07 Å². The van der Waals surface area contributed by atoms with Crippen LogP contribution in [0.3, 0.4) is 0 Å². The fourth-order valence-corrected chi connectivity index (χ4v) is 1.93. The first-order valence-corrected chi connectivity index (χ1v) is 7.31. The number of nitrogen functional groups attached to an aromatic ring is 1. The van der Waals surface area contributed by atoms with Gasteiger partial charge in [-0.05, 0) is 32.0 Å². The Balaban J connectivity index is 2.05. The normalized spacial score (nSPS) is 11.0. The molecular formula is C17H20N4O3. The minimum Gasteiger partial charge on any atom is -0.476 e. The van der Waals surface area contributed by atoms with Gasteiger partial charge < -0.3 is 15.2 Å². The average molecular weight is 328 g/mol. The Labute approximate surface area is 140 Å². The van der Waals surface area contributed by atoms with Crippen molar-refractivity contribution < 1.29 is 14.3 Å². The van der Waals surface area contributed by atoms with Crippen LogP contribution in [0.4, 0.5) is 0 Å². The van der Waals surface area contributed by atoms with Crippen LogP contribution in [-0.2, 0) is 9.53 Å². The second kappa shape index (κ2) is 7.08. The van der Waals surface area contributed by atoms with Crippen molar-refractivity contribution in [1.82, 2.24) is 9.97 Å². The lowest BCUT2D eigenvalue weighted by atomic mass is 9.95. The van der Waals surface area contributed by atoms with Crippen molar-refractivity contribution in [3.63, 3.8) is 0 Å². The molecule has 2 aromatic rings. The Bertz CT molecular complexity index is 725. The lowest BCUT2D eigenvalue weighted by molar-refractivity contribution is -0.152. The molecule has 0 saturated carbocycles. The number of aromatic nitrogens is 2. The van der Waals surface area contributed by atoms with Gasteiger partial charge in [-0.1, -0.05) is 0 Å². The highest BCUT2D eigenvalue weighted by Crippen LogP contribution is 2.21. The number of methoxy groups -OCH3 is 1. The second-order valence-corrected chi connectivity index (χ2v) is 5.90. The predicted molar refractivity (Wildman–Crippen MR) is 89.8 cm³/mol. The zero-order chi connectivity index (χ0) is 17.7. The molecule has 2 aromatic heterocycles. The number of hydrogen-bond acceptors (Lipinski definition) is 6. The maximum absolute atomic E-state index is 11.6. The van der Waals surface area contributed by atoms with Crippen molar-refractivity contribution in [3.8, 4) is 17.1 Å². The number of carbonyl (C=O) groups excluding carboxylic acids is 1. The Morgan fingerprint density at radius 3 is 2.46 bits per heavy atom. The molecule has 0 saturated heterocycles. The van der Waals surface area contributed by atoms with Gasteiger partial charge in [0.1, 0.15) is 12.4 Å². The smallest absolute Gasteiger partial charge is 0.314 e. The highest BCUT2D eigenvalue weighted by atomic mass is 16.5. The van der Waals surface area contributed by atoms with Crippen LogP contribution < -0.4 is 10.5 Å². The van der Waals surface area contributed by atoms with Gasteiger partial charge in [0.2, 0.25) is 5.88 Å². The molecule has 0 bridgehead atoms. The Kier molecular flexibility index (Phi) is 5.13. The van der Waals surface area contributed by atoms with Crippen molar-refractivity contribution in [3.05, 3.63) is 42.2 Å². The number of nitrogens with zero attached hydrogens (tertiary/aromatic N) is 2. The molecule has 2 heterocycles. The molecule has 0 aromatic carbocycles. The van der Waals surface area contributed by atoms with Crippen LogP contribution in [0.15, 0.2) is 36.7 Å². The molecule has 0 radical (unpaired) electrons. The number of nitrogens with one attached hydrogen (secondary N) is 1. The summed E-state index contributed by atoms with van der Waals surface area (Å²) in [5, 5.41) is 7.36. The Morgan fingerprint density at radius 2 is 1.96 bits per heavy atom. The van der Waals surface area contributed by atoms with Crippen LogP contribution in [-0.4, -0.2) is 35.5 Å². The minimum atomic E-state index is -0.751. The number of carbonyl (C=O) groups is 1. The van der Waals surface area contributed by atoms with E-state index >= 15 is 0 Å². The average Bonchev–Trinajstić information content (AvgIpc) is 2.59. The fraction of sp³-hybridized carbons (Fsp3) is 0.294. The van der Waals surface area contributed by atoms with E-state index in [0.717, 1.165) is 5.56 Å². The zero-order valence-corrected chi connectivity index (χ0v) is 13.9. The first-order chi connectivity index (χ1) is 11.3. The molecule has 7 nitrogen and oxygen atoms in total. The van der Waals surface area contributed by atoms with Crippen LogP contribution in [0.1, 0.15) is 19.4 Å². The maximum Gasteiger partial charge on any atom is 0.314 e. The summed E-state index contributed by atoms with van der Waals surface area (Å²) in [7, 11) is 1.35. The second-order valence-electron chi connectivity index (χ2n) is 5.90. The molecule has 7 heteroatoms. The molecule has 0 unspecified atom stereocenters. The van der Waals surface area contributed by atoms with E-state index in [4.69, 9.17) is 20.6 Å². The number of nitrogens with two attached hydrogens (primary N) is 1. The maximum atomic E-state index is 11.6. The Morgan fingerprint density at radius 1 is 1.21 bits per heavy atom. The summed E-state index contributed by atoms with van der Waals surface area (Å²) < 4.78 is 10.3. The van der Waals surface area contributed by atoms with E-state index in [-0.39, 0.29) is 18.4 Å². The molecule has 24 heavy (non-hydrogen) atoms. The number of esters is 1. The summed E-state index contributed by atoms with van der Waals surface area (Å²) in [5.41, 5.74) is 6.75. The van der Waals surface area contributed by atoms with Crippen LogP contribution >= 0.6 is 0 Å². The summed E-state index contributed by atoms with van der Waals surface area (Å²) in [5.74, 6) is 0.0501. The van der Waals surface area contributed by atoms with Gasteiger partial charge in [-0.25, -0.2) is 4.98 Å². The first kappa shape index (κ1) is 17.4. The van der Waals surface area contributed by atoms with E-state index in [1.54, 1.807) is 44.4 Å². The number of pyridine rings is 2. The molecule has 2 rings (SSSR count). The van der Waals surface area contributed by atoms with E-state index in [0.29, 0.717) is 17.1 Å². The monoisotopic (exact) mass is 328 g/mol. The van der Waals surface area contributed by atoms with Gasteiger partial charge >= 0.3 is 5.97 Å². The van der Waals surface area contributed by atoms with Crippen molar-refractivity contribution in [2.45, 2.75) is 13.8 Å². The molecule has 0 aliphatic rings. The highest BCUT2D eigenvalue weighted by Gasteiger charge is 2.29.